The lowest BCUT2D eigenvalue weighted by atomic mass is 9.83. The van der Waals surface area contributed by atoms with Crippen molar-refractivity contribution in [1.29, 1.82) is 0 Å². The molecule has 51 heavy (non-hydrogen) atoms. The van der Waals surface area contributed by atoms with Gasteiger partial charge in [0.25, 0.3) is 0 Å². The molecule has 0 bridgehead atoms. The molecule has 0 aromatic carbocycles. The number of carboxylic acid groups (broad SMARTS) is 1. The Hall–Kier alpha value is -3.98. The molecule has 0 spiro atoms. The van der Waals surface area contributed by atoms with Crippen molar-refractivity contribution >= 4 is 35.8 Å². The molecule has 1 aliphatic carbocycles. The maximum Gasteiger partial charge on any atom is 0.335 e. The molecule has 2 aliphatic heterocycles. The molecular weight excluding hydrogens is 672 g/mol. The summed E-state index contributed by atoms with van der Waals surface area (Å²) < 4.78 is 47.0. The van der Waals surface area contributed by atoms with Gasteiger partial charge in [-0.05, 0) is 44.1 Å². The topological polar surface area (TPSA) is 196 Å². The van der Waals surface area contributed by atoms with Crippen LogP contribution in [0.15, 0.2) is 23.5 Å². The molecule has 2 heterocycles. The number of carbonyl (C=O) groups is 6. The number of aliphatic carboxylic acids is 1. The maximum absolute atomic E-state index is 13.0. The van der Waals surface area contributed by atoms with Gasteiger partial charge in [-0.15, -0.1) is 0 Å². The minimum Gasteiger partial charge on any atom is -0.478 e. The summed E-state index contributed by atoms with van der Waals surface area (Å²) in [6, 6.07) is 0. The highest BCUT2D eigenvalue weighted by Crippen LogP contribution is 2.45. The Bertz CT molecular complexity index is 1290. The molecule has 1 N–H and O–H groups in total. The molecule has 1 fully saturated rings. The molecule has 0 unspecified atom stereocenters. The fraction of sp³-hybridized carbons (Fsp3) is 0.722. The molecule has 0 aromatic rings. The highest BCUT2D eigenvalue weighted by molar-refractivity contribution is 5.87. The number of allylic oxidation sites excluding steroid dienone is 1. The van der Waals surface area contributed by atoms with E-state index >= 15 is 0 Å². The van der Waals surface area contributed by atoms with Crippen molar-refractivity contribution in [2.75, 3.05) is 13.2 Å². The molecular formula is C36H52O15. The lowest BCUT2D eigenvalue weighted by molar-refractivity contribution is -0.342. The Balaban J connectivity index is 2.07. The Morgan fingerprint density at radius 3 is 1.75 bits per heavy atom. The molecule has 0 aromatic heterocycles. The van der Waals surface area contributed by atoms with E-state index in [9.17, 15) is 33.9 Å². The summed E-state index contributed by atoms with van der Waals surface area (Å²) in [5.74, 6) is -5.56. The summed E-state index contributed by atoms with van der Waals surface area (Å²) in [6.45, 7) is 8.38. The van der Waals surface area contributed by atoms with E-state index in [-0.39, 0.29) is 50.7 Å². The van der Waals surface area contributed by atoms with Gasteiger partial charge in [-0.2, -0.15) is 0 Å². The zero-order valence-electron chi connectivity index (χ0n) is 30.1. The number of carboxylic acids is 1. The van der Waals surface area contributed by atoms with Crippen molar-refractivity contribution in [3.8, 4) is 0 Å². The molecule has 1 saturated heterocycles. The normalized spacial score (nSPS) is 26.8. The molecule has 15 heteroatoms. The van der Waals surface area contributed by atoms with Crippen LogP contribution in [0.2, 0.25) is 0 Å². The quantitative estimate of drug-likeness (QED) is 0.105. The van der Waals surface area contributed by atoms with Crippen LogP contribution < -0.4 is 0 Å². The minimum absolute atomic E-state index is 0.00651. The highest BCUT2D eigenvalue weighted by atomic mass is 16.8. The van der Waals surface area contributed by atoms with Gasteiger partial charge in [0.2, 0.25) is 12.6 Å². The number of fused-ring (bicyclic) bond motifs is 1. The van der Waals surface area contributed by atoms with Crippen LogP contribution in [0.5, 0.6) is 0 Å². The first-order valence-electron chi connectivity index (χ1n) is 18.0. The monoisotopic (exact) mass is 724 g/mol. The number of ether oxygens (including phenoxy) is 8. The lowest BCUT2D eigenvalue weighted by Crippen LogP contribution is -2.64. The van der Waals surface area contributed by atoms with E-state index in [1.54, 1.807) is 33.8 Å². The molecule has 8 atom stereocenters. The summed E-state index contributed by atoms with van der Waals surface area (Å²) in [5.41, 5.74) is 0.537. The number of rotatable bonds is 20. The summed E-state index contributed by atoms with van der Waals surface area (Å²) >= 11 is 0. The van der Waals surface area contributed by atoms with Gasteiger partial charge in [0.05, 0.1) is 17.8 Å². The maximum atomic E-state index is 13.0. The largest absolute Gasteiger partial charge is 0.478 e. The predicted octanol–water partition coefficient (Wildman–Crippen LogP) is 4.44. The smallest absolute Gasteiger partial charge is 0.335 e. The summed E-state index contributed by atoms with van der Waals surface area (Å²) in [5, 5.41) is 9.93. The minimum atomic E-state index is -1.56. The first-order chi connectivity index (χ1) is 24.5. The molecule has 3 aliphatic rings. The van der Waals surface area contributed by atoms with Crippen LogP contribution in [0.4, 0.5) is 0 Å². The highest BCUT2D eigenvalue weighted by Gasteiger charge is 2.55. The fourth-order valence-electron chi connectivity index (χ4n) is 6.09. The van der Waals surface area contributed by atoms with Gasteiger partial charge in [-0.3, -0.25) is 24.0 Å². The van der Waals surface area contributed by atoms with E-state index in [0.29, 0.717) is 37.7 Å². The third kappa shape index (κ3) is 11.8. The van der Waals surface area contributed by atoms with Gasteiger partial charge in [0.15, 0.2) is 18.3 Å². The number of esters is 5. The van der Waals surface area contributed by atoms with Gasteiger partial charge >= 0.3 is 35.8 Å². The van der Waals surface area contributed by atoms with Crippen LogP contribution in [0.25, 0.3) is 0 Å². The van der Waals surface area contributed by atoms with Crippen molar-refractivity contribution in [3.63, 3.8) is 0 Å². The Morgan fingerprint density at radius 1 is 0.686 bits per heavy atom. The molecule has 286 valence electrons. The fourth-order valence-corrected chi connectivity index (χ4v) is 6.09. The molecule has 0 amide bonds. The second-order valence-corrected chi connectivity index (χ2v) is 12.7. The predicted molar refractivity (Wildman–Crippen MR) is 176 cm³/mol. The van der Waals surface area contributed by atoms with Crippen molar-refractivity contribution in [2.45, 2.75) is 142 Å². The Kier molecular flexibility index (Phi) is 16.9. The number of hydrogen-bond donors (Lipinski definition) is 1. The van der Waals surface area contributed by atoms with E-state index in [0.717, 1.165) is 6.26 Å². The van der Waals surface area contributed by atoms with Crippen molar-refractivity contribution in [2.24, 2.45) is 11.8 Å². The van der Waals surface area contributed by atoms with Gasteiger partial charge < -0.3 is 43.0 Å². The summed E-state index contributed by atoms with van der Waals surface area (Å²) in [6.07, 6.45) is -2.60. The van der Waals surface area contributed by atoms with Gasteiger partial charge in [-0.25, -0.2) is 4.79 Å². The molecule has 3 rings (SSSR count). The summed E-state index contributed by atoms with van der Waals surface area (Å²) in [7, 11) is 0. The Morgan fingerprint density at radius 2 is 1.20 bits per heavy atom. The summed E-state index contributed by atoms with van der Waals surface area (Å²) in [4.78, 5) is 75.8. The SMILES string of the molecule is CCCC(=O)OCC1=CC[C@@H]2C(C(=O)O)=CO[C@@H](O[C@@H]3O[C@H](COC(=O)CCC)[C@@H](OC(=O)CCC)[C@H](OC(=O)CCC)[C@H]3OC(=O)CCC)[C@H]12. The van der Waals surface area contributed by atoms with E-state index in [1.165, 1.54) is 0 Å². The van der Waals surface area contributed by atoms with E-state index in [4.69, 9.17) is 37.9 Å². The third-order valence-corrected chi connectivity index (χ3v) is 8.51. The van der Waals surface area contributed by atoms with Gasteiger partial charge in [0, 0.05) is 38.0 Å². The zero-order valence-corrected chi connectivity index (χ0v) is 30.1. The first-order valence-corrected chi connectivity index (χ1v) is 18.0. The van der Waals surface area contributed by atoms with Crippen LogP contribution in [0.3, 0.4) is 0 Å². The average molecular weight is 725 g/mol. The Labute approximate surface area is 298 Å². The van der Waals surface area contributed by atoms with Crippen molar-refractivity contribution in [3.05, 3.63) is 23.5 Å². The second-order valence-electron chi connectivity index (χ2n) is 12.7. The molecule has 0 radical (unpaired) electrons. The van der Waals surface area contributed by atoms with E-state index in [2.05, 4.69) is 0 Å². The standard InChI is InChI=1S/C36H52O15/c1-6-11-25(37)44-18-21-16-17-22-23(34(42)43)19-46-35(30(21)22)51-36-33(50-29(41)15-10-5)32(49-28(40)14-9-4)31(48-27(39)13-8-3)24(47-36)20-45-26(38)12-7-2/h16,19,22,24,30-33,35-36H,6-15,17-18,20H2,1-5H3,(H,42,43)/t22-,24-,30-,31-,32+,33-,35+,36+/m1/s1. The van der Waals surface area contributed by atoms with Gasteiger partial charge in [-0.1, -0.05) is 40.7 Å². The van der Waals surface area contributed by atoms with Gasteiger partial charge in [0.1, 0.15) is 19.3 Å². The van der Waals surface area contributed by atoms with Crippen molar-refractivity contribution in [1.82, 2.24) is 0 Å². The number of hydrogen-bond acceptors (Lipinski definition) is 14. The first kappa shape index (κ1) is 41.4. The number of carbonyl (C=O) groups excluding carboxylic acids is 5. The van der Waals surface area contributed by atoms with Crippen LogP contribution in [-0.4, -0.2) is 91.1 Å². The second kappa shape index (κ2) is 20.8. The lowest BCUT2D eigenvalue weighted by Gasteiger charge is -2.46. The third-order valence-electron chi connectivity index (χ3n) is 8.51. The van der Waals surface area contributed by atoms with Crippen LogP contribution >= 0.6 is 0 Å². The van der Waals surface area contributed by atoms with Crippen LogP contribution in [-0.2, 0) is 66.7 Å². The van der Waals surface area contributed by atoms with Crippen molar-refractivity contribution < 1.29 is 71.8 Å². The molecule has 0 saturated carbocycles. The van der Waals surface area contributed by atoms with E-state index < -0.39 is 91.3 Å². The average Bonchev–Trinajstić information content (AvgIpc) is 3.50. The molecule has 15 nitrogen and oxygen atoms in total. The van der Waals surface area contributed by atoms with Crippen LogP contribution in [0, 0.1) is 11.8 Å². The van der Waals surface area contributed by atoms with Crippen LogP contribution in [0.1, 0.15) is 105 Å². The zero-order chi connectivity index (χ0) is 37.5. The van der Waals surface area contributed by atoms with E-state index in [1.807, 2.05) is 6.92 Å².